The van der Waals surface area contributed by atoms with Gasteiger partial charge in [0.25, 0.3) is 0 Å². The molecule has 1 aromatic carbocycles. The number of nitrogens with two attached hydrogens (primary N) is 1. The average Bonchev–Trinajstić information content (AvgIpc) is 2.38. The Morgan fingerprint density at radius 2 is 2.11 bits per heavy atom. The smallest absolute Gasteiger partial charge is 0.143 e. The predicted octanol–water partition coefficient (Wildman–Crippen LogP) is 2.90. The van der Waals surface area contributed by atoms with E-state index in [1.807, 2.05) is 6.07 Å². The highest BCUT2D eigenvalue weighted by atomic mass is 19.1. The van der Waals surface area contributed by atoms with Gasteiger partial charge in [0.1, 0.15) is 17.4 Å². The van der Waals surface area contributed by atoms with E-state index in [2.05, 4.69) is 25.7 Å². The summed E-state index contributed by atoms with van der Waals surface area (Å²) < 4.78 is 13.7. The van der Waals surface area contributed by atoms with Crippen molar-refractivity contribution in [2.75, 3.05) is 24.5 Å². The molecule has 0 aromatic heterocycles. The third-order valence-corrected chi connectivity index (χ3v) is 3.11. The molecule has 19 heavy (non-hydrogen) atoms. The number of hydrogen-bond donors (Lipinski definition) is 1. The SMILES string of the molecule is CCCN(CC(C)(C)CN)c1cccc(F)c1C#N. The molecule has 0 radical (unpaired) electrons. The minimum Gasteiger partial charge on any atom is -0.370 e. The molecule has 0 aliphatic heterocycles. The van der Waals surface area contributed by atoms with E-state index in [4.69, 9.17) is 11.0 Å². The van der Waals surface area contributed by atoms with Gasteiger partial charge in [-0.25, -0.2) is 4.39 Å². The summed E-state index contributed by atoms with van der Waals surface area (Å²) in [6.07, 6.45) is 0.933. The van der Waals surface area contributed by atoms with Crippen LogP contribution in [-0.2, 0) is 0 Å². The maximum atomic E-state index is 13.7. The molecule has 0 fully saturated rings. The molecule has 0 saturated carbocycles. The number of hydrogen-bond acceptors (Lipinski definition) is 3. The number of halogens is 1. The molecule has 1 aromatic rings. The first-order valence-corrected chi connectivity index (χ1v) is 6.59. The van der Waals surface area contributed by atoms with Gasteiger partial charge in [-0.05, 0) is 30.5 Å². The monoisotopic (exact) mass is 263 g/mol. The molecule has 0 amide bonds. The van der Waals surface area contributed by atoms with Crippen LogP contribution in [0.4, 0.5) is 10.1 Å². The van der Waals surface area contributed by atoms with Crippen molar-refractivity contribution in [3.63, 3.8) is 0 Å². The normalized spacial score (nSPS) is 11.2. The molecule has 2 N–H and O–H groups in total. The van der Waals surface area contributed by atoms with E-state index in [-0.39, 0.29) is 11.0 Å². The number of benzene rings is 1. The molecule has 0 saturated heterocycles. The van der Waals surface area contributed by atoms with E-state index >= 15 is 0 Å². The van der Waals surface area contributed by atoms with Crippen molar-refractivity contribution < 1.29 is 4.39 Å². The second kappa shape index (κ2) is 6.53. The van der Waals surface area contributed by atoms with Gasteiger partial charge in [-0.1, -0.05) is 26.8 Å². The van der Waals surface area contributed by atoms with Gasteiger partial charge in [-0.2, -0.15) is 5.26 Å². The largest absolute Gasteiger partial charge is 0.370 e. The predicted molar refractivity (Wildman–Crippen MR) is 76.5 cm³/mol. The van der Waals surface area contributed by atoms with Crippen LogP contribution in [0.15, 0.2) is 18.2 Å². The van der Waals surface area contributed by atoms with Crippen LogP contribution < -0.4 is 10.6 Å². The highest BCUT2D eigenvalue weighted by Gasteiger charge is 2.22. The highest BCUT2D eigenvalue weighted by molar-refractivity contribution is 5.60. The first-order chi connectivity index (χ1) is 8.95. The summed E-state index contributed by atoms with van der Waals surface area (Å²) >= 11 is 0. The molecule has 0 unspecified atom stereocenters. The quantitative estimate of drug-likeness (QED) is 0.858. The molecule has 0 atom stereocenters. The summed E-state index contributed by atoms with van der Waals surface area (Å²) in [6, 6.07) is 6.72. The van der Waals surface area contributed by atoms with Crippen LogP contribution in [0.5, 0.6) is 0 Å². The van der Waals surface area contributed by atoms with Gasteiger partial charge in [0, 0.05) is 13.1 Å². The highest BCUT2D eigenvalue weighted by Crippen LogP contribution is 2.26. The average molecular weight is 263 g/mol. The van der Waals surface area contributed by atoms with Gasteiger partial charge in [0.05, 0.1) is 5.69 Å². The van der Waals surface area contributed by atoms with E-state index in [9.17, 15) is 4.39 Å². The van der Waals surface area contributed by atoms with Gasteiger partial charge in [-0.3, -0.25) is 0 Å². The Morgan fingerprint density at radius 1 is 1.42 bits per heavy atom. The minimum absolute atomic E-state index is 0.0752. The van der Waals surface area contributed by atoms with Crippen LogP contribution in [0.2, 0.25) is 0 Å². The van der Waals surface area contributed by atoms with Crippen molar-refractivity contribution in [3.05, 3.63) is 29.6 Å². The van der Waals surface area contributed by atoms with Crippen molar-refractivity contribution in [2.45, 2.75) is 27.2 Å². The molecular weight excluding hydrogens is 241 g/mol. The molecule has 0 aliphatic carbocycles. The number of nitriles is 1. The second-order valence-electron chi connectivity index (χ2n) is 5.54. The molecule has 0 spiro atoms. The van der Waals surface area contributed by atoms with E-state index in [0.717, 1.165) is 13.0 Å². The van der Waals surface area contributed by atoms with Crippen LogP contribution in [0.3, 0.4) is 0 Å². The zero-order valence-corrected chi connectivity index (χ0v) is 11.9. The van der Waals surface area contributed by atoms with E-state index < -0.39 is 5.82 Å². The fraction of sp³-hybridized carbons (Fsp3) is 0.533. The third-order valence-electron chi connectivity index (χ3n) is 3.11. The Morgan fingerprint density at radius 3 is 2.63 bits per heavy atom. The topological polar surface area (TPSA) is 53.0 Å². The zero-order valence-electron chi connectivity index (χ0n) is 11.9. The fourth-order valence-corrected chi connectivity index (χ4v) is 2.02. The Bertz CT molecular complexity index is 463. The Balaban J connectivity index is 3.13. The number of nitrogens with zero attached hydrogens (tertiary/aromatic N) is 2. The molecule has 3 nitrogen and oxygen atoms in total. The molecule has 104 valence electrons. The van der Waals surface area contributed by atoms with E-state index in [1.54, 1.807) is 12.1 Å². The number of anilines is 1. The van der Waals surface area contributed by atoms with Crippen LogP contribution in [0.25, 0.3) is 0 Å². The summed E-state index contributed by atoms with van der Waals surface area (Å²) in [7, 11) is 0. The maximum absolute atomic E-state index is 13.7. The molecule has 0 heterocycles. The van der Waals surface area contributed by atoms with Crippen molar-refractivity contribution >= 4 is 5.69 Å². The first-order valence-electron chi connectivity index (χ1n) is 6.59. The van der Waals surface area contributed by atoms with Crippen LogP contribution in [-0.4, -0.2) is 19.6 Å². The Kier molecular flexibility index (Phi) is 5.31. The standard InChI is InChI=1S/C15H22FN3/c1-4-8-19(11-15(2,3)10-18)14-7-5-6-13(16)12(14)9-17/h5-7H,4,8,10-11,18H2,1-3H3. The Labute approximate surface area is 114 Å². The second-order valence-corrected chi connectivity index (χ2v) is 5.54. The molecule has 0 aliphatic rings. The lowest BCUT2D eigenvalue weighted by Crippen LogP contribution is -2.39. The lowest BCUT2D eigenvalue weighted by atomic mass is 9.92. The summed E-state index contributed by atoms with van der Waals surface area (Å²) in [5.74, 6) is -0.466. The molecule has 0 bridgehead atoms. The Hall–Kier alpha value is -1.60. The van der Waals surface area contributed by atoms with E-state index in [0.29, 0.717) is 18.8 Å². The van der Waals surface area contributed by atoms with Gasteiger partial charge in [0.15, 0.2) is 0 Å². The third kappa shape index (κ3) is 3.93. The van der Waals surface area contributed by atoms with Gasteiger partial charge in [-0.15, -0.1) is 0 Å². The van der Waals surface area contributed by atoms with Crippen LogP contribution >= 0.6 is 0 Å². The molecule has 4 heteroatoms. The number of rotatable bonds is 6. The summed E-state index contributed by atoms with van der Waals surface area (Å²) in [5, 5.41) is 9.13. The fourth-order valence-electron chi connectivity index (χ4n) is 2.02. The molecular formula is C15H22FN3. The van der Waals surface area contributed by atoms with Gasteiger partial charge < -0.3 is 10.6 Å². The summed E-state index contributed by atoms with van der Waals surface area (Å²) in [4.78, 5) is 2.05. The van der Waals surface area contributed by atoms with E-state index in [1.165, 1.54) is 6.07 Å². The summed E-state index contributed by atoms with van der Waals surface area (Å²) in [6.45, 7) is 8.23. The summed E-state index contributed by atoms with van der Waals surface area (Å²) in [5.41, 5.74) is 6.46. The maximum Gasteiger partial charge on any atom is 0.143 e. The van der Waals surface area contributed by atoms with Gasteiger partial charge >= 0.3 is 0 Å². The van der Waals surface area contributed by atoms with Crippen molar-refractivity contribution in [1.82, 2.24) is 0 Å². The van der Waals surface area contributed by atoms with Crippen molar-refractivity contribution in [3.8, 4) is 6.07 Å². The lowest BCUT2D eigenvalue weighted by Gasteiger charge is -2.33. The lowest BCUT2D eigenvalue weighted by molar-refractivity contribution is 0.377. The minimum atomic E-state index is -0.466. The van der Waals surface area contributed by atoms with Gasteiger partial charge in [0.2, 0.25) is 0 Å². The zero-order chi connectivity index (χ0) is 14.5. The molecule has 1 rings (SSSR count). The van der Waals surface area contributed by atoms with Crippen LogP contribution in [0.1, 0.15) is 32.8 Å². The first kappa shape index (κ1) is 15.5. The van der Waals surface area contributed by atoms with Crippen molar-refractivity contribution in [2.24, 2.45) is 11.1 Å². The van der Waals surface area contributed by atoms with Crippen molar-refractivity contribution in [1.29, 1.82) is 5.26 Å². The van der Waals surface area contributed by atoms with Crippen LogP contribution in [0, 0.1) is 22.6 Å².